The summed E-state index contributed by atoms with van der Waals surface area (Å²) in [5, 5.41) is 5.55. The van der Waals surface area contributed by atoms with E-state index >= 15 is 0 Å². The van der Waals surface area contributed by atoms with Crippen molar-refractivity contribution in [3.05, 3.63) is 70.8 Å². The molecule has 0 radical (unpaired) electrons. The fourth-order valence-corrected chi connectivity index (χ4v) is 3.62. The Kier molecular flexibility index (Phi) is 6.17. The van der Waals surface area contributed by atoms with Gasteiger partial charge in [-0.1, -0.05) is 12.1 Å². The number of hydrogen-bond donors (Lipinski definition) is 2. The number of carbonyl (C=O) groups excluding carboxylic acids is 1. The van der Waals surface area contributed by atoms with E-state index in [4.69, 9.17) is 0 Å². The van der Waals surface area contributed by atoms with Crippen LogP contribution in [0.2, 0.25) is 0 Å². The lowest BCUT2D eigenvalue weighted by atomic mass is 10.2. The lowest BCUT2D eigenvalue weighted by Gasteiger charge is -2.03. The Morgan fingerprint density at radius 2 is 1.86 bits per heavy atom. The molecule has 2 heterocycles. The van der Waals surface area contributed by atoms with Crippen LogP contribution in [0.15, 0.2) is 60.2 Å². The third kappa shape index (κ3) is 6.00. The number of sulfonamides is 1. The molecule has 0 fully saturated rings. The molecule has 1 amide bonds. The molecule has 7 nitrogen and oxygen atoms in total. The van der Waals surface area contributed by atoms with Crippen LogP contribution in [0.1, 0.15) is 10.6 Å². The van der Waals surface area contributed by atoms with Crippen LogP contribution in [0, 0.1) is 0 Å². The quantitative estimate of drug-likeness (QED) is 0.579. The molecule has 3 rings (SSSR count). The number of thiazole rings is 1. The normalized spacial score (nSPS) is 11.5. The van der Waals surface area contributed by atoms with Crippen molar-refractivity contribution in [3.63, 3.8) is 0 Å². The van der Waals surface area contributed by atoms with E-state index in [0.717, 1.165) is 28.1 Å². The average molecular weight is 415 g/mol. The molecular weight excluding hydrogens is 396 g/mol. The monoisotopic (exact) mass is 414 g/mol. The first-order valence-electron chi connectivity index (χ1n) is 8.28. The van der Waals surface area contributed by atoms with E-state index in [2.05, 4.69) is 20.0 Å². The molecule has 0 bridgehead atoms. The molecule has 9 heteroatoms. The highest BCUT2D eigenvalue weighted by atomic mass is 32.2. The smallest absolute Gasteiger partial charge is 0.244 e. The van der Waals surface area contributed by atoms with Gasteiger partial charge >= 0.3 is 0 Å². The van der Waals surface area contributed by atoms with Gasteiger partial charge in [0.15, 0.2) is 0 Å². The molecule has 0 spiro atoms. The van der Waals surface area contributed by atoms with Crippen LogP contribution in [-0.4, -0.2) is 30.5 Å². The molecule has 0 unspecified atom stereocenters. The second-order valence-corrected chi connectivity index (χ2v) is 8.60. The Hall–Kier alpha value is -3.04. The fraction of sp³-hybridized carbons (Fsp3) is 0.105. The second-order valence-electron chi connectivity index (χ2n) is 5.91. The fourth-order valence-electron chi connectivity index (χ4n) is 2.32. The summed E-state index contributed by atoms with van der Waals surface area (Å²) >= 11 is 1.48. The van der Waals surface area contributed by atoms with Crippen LogP contribution in [0.3, 0.4) is 0 Å². The zero-order valence-corrected chi connectivity index (χ0v) is 16.6. The van der Waals surface area contributed by atoms with Gasteiger partial charge in [0.05, 0.1) is 18.5 Å². The first-order valence-corrected chi connectivity index (χ1v) is 11.0. The van der Waals surface area contributed by atoms with E-state index in [0.29, 0.717) is 12.2 Å². The zero-order valence-electron chi connectivity index (χ0n) is 15.0. The maximum absolute atomic E-state index is 12.0. The van der Waals surface area contributed by atoms with Crippen molar-refractivity contribution in [1.29, 1.82) is 0 Å². The Morgan fingerprint density at radius 1 is 1.14 bits per heavy atom. The predicted molar refractivity (Wildman–Crippen MR) is 111 cm³/mol. The van der Waals surface area contributed by atoms with Crippen molar-refractivity contribution < 1.29 is 13.2 Å². The summed E-state index contributed by atoms with van der Waals surface area (Å²) < 4.78 is 24.8. The second kappa shape index (κ2) is 8.77. The number of nitrogens with zero attached hydrogens (tertiary/aromatic N) is 2. The molecule has 3 aromatic rings. The highest BCUT2D eigenvalue weighted by Gasteiger charge is 2.05. The van der Waals surface area contributed by atoms with Crippen LogP contribution in [-0.2, 0) is 21.4 Å². The van der Waals surface area contributed by atoms with E-state index in [-0.39, 0.29) is 5.91 Å². The molecule has 0 aliphatic rings. The van der Waals surface area contributed by atoms with Gasteiger partial charge in [0.1, 0.15) is 5.01 Å². The van der Waals surface area contributed by atoms with Crippen molar-refractivity contribution >= 4 is 39.0 Å². The van der Waals surface area contributed by atoms with E-state index in [1.807, 2.05) is 17.5 Å². The van der Waals surface area contributed by atoms with E-state index in [1.54, 1.807) is 42.7 Å². The van der Waals surface area contributed by atoms with E-state index in [9.17, 15) is 13.2 Å². The number of amides is 1. The van der Waals surface area contributed by atoms with Gasteiger partial charge in [0.2, 0.25) is 15.9 Å². The Labute approximate surface area is 167 Å². The van der Waals surface area contributed by atoms with Crippen LogP contribution in [0.4, 0.5) is 5.69 Å². The van der Waals surface area contributed by atoms with E-state index in [1.165, 1.54) is 17.4 Å². The predicted octanol–water partition coefficient (Wildman–Crippen LogP) is 2.91. The van der Waals surface area contributed by atoms with Gasteiger partial charge in [0, 0.05) is 35.1 Å². The lowest BCUT2D eigenvalue weighted by Crippen LogP contribution is -2.20. The number of anilines is 1. The molecule has 0 saturated carbocycles. The maximum atomic E-state index is 12.0. The molecule has 144 valence electrons. The Balaban J connectivity index is 1.52. The molecule has 0 atom stereocenters. The third-order valence-electron chi connectivity index (χ3n) is 3.58. The average Bonchev–Trinajstić information content (AvgIpc) is 3.14. The number of benzene rings is 1. The molecular formula is C19H18N4O3S2. The van der Waals surface area contributed by atoms with Crippen LogP contribution >= 0.6 is 11.3 Å². The highest BCUT2D eigenvalue weighted by molar-refractivity contribution is 7.92. The highest BCUT2D eigenvalue weighted by Crippen LogP contribution is 2.20. The summed E-state index contributed by atoms with van der Waals surface area (Å²) in [4.78, 5) is 20.5. The number of rotatable bonds is 7. The lowest BCUT2D eigenvalue weighted by molar-refractivity contribution is -0.116. The Bertz CT molecular complexity index is 1080. The van der Waals surface area contributed by atoms with Gasteiger partial charge in [-0.05, 0) is 35.9 Å². The molecule has 2 N–H and O–H groups in total. The maximum Gasteiger partial charge on any atom is 0.244 e. The summed E-state index contributed by atoms with van der Waals surface area (Å²) in [6.07, 6.45) is 7.60. The SMILES string of the molecule is CS(=O)(=O)Nc1ccc(/C=C/C(=O)NCc2nc(-c3ccncc3)cs2)cc1. The van der Waals surface area contributed by atoms with Gasteiger partial charge in [-0.3, -0.25) is 14.5 Å². The largest absolute Gasteiger partial charge is 0.346 e. The van der Waals surface area contributed by atoms with Gasteiger partial charge in [0.25, 0.3) is 0 Å². The minimum atomic E-state index is -3.31. The first-order chi connectivity index (χ1) is 13.4. The van der Waals surface area contributed by atoms with E-state index < -0.39 is 10.0 Å². The summed E-state index contributed by atoms with van der Waals surface area (Å²) in [6, 6.07) is 10.5. The topological polar surface area (TPSA) is 101 Å². The van der Waals surface area contributed by atoms with Crippen LogP contribution in [0.25, 0.3) is 17.3 Å². The van der Waals surface area contributed by atoms with Crippen molar-refractivity contribution in [2.45, 2.75) is 6.54 Å². The van der Waals surface area contributed by atoms with Gasteiger partial charge < -0.3 is 5.32 Å². The summed E-state index contributed by atoms with van der Waals surface area (Å²) in [6.45, 7) is 0.343. The van der Waals surface area contributed by atoms with Gasteiger partial charge in [-0.15, -0.1) is 11.3 Å². The molecule has 1 aromatic carbocycles. The van der Waals surface area contributed by atoms with Crippen molar-refractivity contribution in [3.8, 4) is 11.3 Å². The summed E-state index contributed by atoms with van der Waals surface area (Å²) in [5.41, 5.74) is 3.09. The summed E-state index contributed by atoms with van der Waals surface area (Å²) in [5.74, 6) is -0.237. The minimum absolute atomic E-state index is 0.237. The van der Waals surface area contributed by atoms with Crippen LogP contribution in [0.5, 0.6) is 0 Å². The van der Waals surface area contributed by atoms with Gasteiger partial charge in [-0.25, -0.2) is 13.4 Å². The zero-order chi connectivity index (χ0) is 20.0. The van der Waals surface area contributed by atoms with Crippen molar-refractivity contribution in [2.24, 2.45) is 0 Å². The van der Waals surface area contributed by atoms with Crippen LogP contribution < -0.4 is 10.0 Å². The van der Waals surface area contributed by atoms with Gasteiger partial charge in [-0.2, -0.15) is 0 Å². The Morgan fingerprint density at radius 3 is 2.54 bits per heavy atom. The first kappa shape index (κ1) is 19.7. The van der Waals surface area contributed by atoms with Crippen molar-refractivity contribution in [1.82, 2.24) is 15.3 Å². The number of aromatic nitrogens is 2. The molecule has 28 heavy (non-hydrogen) atoms. The molecule has 0 aliphatic carbocycles. The third-order valence-corrected chi connectivity index (χ3v) is 5.04. The summed E-state index contributed by atoms with van der Waals surface area (Å²) in [7, 11) is -3.31. The molecule has 2 aromatic heterocycles. The minimum Gasteiger partial charge on any atom is -0.346 e. The number of pyridine rings is 1. The number of carbonyl (C=O) groups is 1. The van der Waals surface area contributed by atoms with Crippen molar-refractivity contribution in [2.75, 3.05) is 11.0 Å². The standard InChI is InChI=1S/C19H18N4O3S2/c1-28(25,26)23-16-5-2-14(3-6-16)4-7-18(24)21-12-19-22-17(13-27-19)15-8-10-20-11-9-15/h2-11,13,23H,12H2,1H3,(H,21,24)/b7-4+. The number of nitrogens with one attached hydrogen (secondary N) is 2. The molecule has 0 aliphatic heterocycles. The molecule has 0 saturated heterocycles. The number of hydrogen-bond acceptors (Lipinski definition) is 6.